The molecule has 1 fully saturated rings. The summed E-state index contributed by atoms with van der Waals surface area (Å²) in [5.74, 6) is -0.0722. The first kappa shape index (κ1) is 15.8. The first-order chi connectivity index (χ1) is 8.69. The van der Waals surface area contributed by atoms with E-state index in [1.54, 1.807) is 4.90 Å². The predicted octanol–water partition coefficient (Wildman–Crippen LogP) is 2.74. The van der Waals surface area contributed by atoms with E-state index in [0.717, 1.165) is 6.42 Å². The van der Waals surface area contributed by atoms with E-state index in [4.69, 9.17) is 9.84 Å². The lowest BCUT2D eigenvalue weighted by atomic mass is 9.84. The summed E-state index contributed by atoms with van der Waals surface area (Å²) in [6, 6.07) is 0. The number of nitrogens with zero attached hydrogens (tertiary/aromatic N) is 1. The Morgan fingerprint density at radius 2 is 2.00 bits per heavy atom. The van der Waals surface area contributed by atoms with Crippen LogP contribution in [0.3, 0.4) is 0 Å². The Morgan fingerprint density at radius 3 is 2.53 bits per heavy atom. The highest BCUT2D eigenvalue weighted by atomic mass is 16.6. The maximum Gasteiger partial charge on any atom is 0.410 e. The first-order valence-corrected chi connectivity index (χ1v) is 6.89. The number of amides is 1. The van der Waals surface area contributed by atoms with E-state index in [2.05, 4.69) is 6.92 Å². The molecule has 2 unspecified atom stereocenters. The predicted molar refractivity (Wildman–Crippen MR) is 71.9 cm³/mol. The van der Waals surface area contributed by atoms with Crippen molar-refractivity contribution in [2.24, 2.45) is 11.8 Å². The van der Waals surface area contributed by atoms with Gasteiger partial charge in [0.25, 0.3) is 0 Å². The van der Waals surface area contributed by atoms with Crippen LogP contribution < -0.4 is 0 Å². The monoisotopic (exact) mass is 271 g/mol. The Labute approximate surface area is 114 Å². The molecule has 5 heteroatoms. The lowest BCUT2D eigenvalue weighted by molar-refractivity contribution is -0.137. The maximum atomic E-state index is 12.0. The van der Waals surface area contributed by atoms with Crippen molar-refractivity contribution in [1.82, 2.24) is 4.90 Å². The van der Waals surface area contributed by atoms with Gasteiger partial charge in [0, 0.05) is 19.5 Å². The number of rotatable bonds is 3. The molecule has 0 aromatic carbocycles. The molecule has 1 N–H and O–H groups in total. The first-order valence-electron chi connectivity index (χ1n) is 6.89. The fourth-order valence-electron chi connectivity index (χ4n) is 2.33. The van der Waals surface area contributed by atoms with Gasteiger partial charge in [-0.05, 0) is 45.4 Å². The third kappa shape index (κ3) is 5.49. The van der Waals surface area contributed by atoms with E-state index in [1.165, 1.54) is 0 Å². The Balaban J connectivity index is 2.53. The highest BCUT2D eigenvalue weighted by Crippen LogP contribution is 2.27. The highest BCUT2D eigenvalue weighted by molar-refractivity contribution is 5.68. The van der Waals surface area contributed by atoms with Crippen LogP contribution in [0.1, 0.15) is 47.0 Å². The molecule has 0 aliphatic carbocycles. The van der Waals surface area contributed by atoms with E-state index in [1.807, 2.05) is 20.8 Å². The van der Waals surface area contributed by atoms with Crippen molar-refractivity contribution in [3.8, 4) is 0 Å². The van der Waals surface area contributed by atoms with Crippen LogP contribution in [0, 0.1) is 11.8 Å². The van der Waals surface area contributed by atoms with Crippen LogP contribution in [0.2, 0.25) is 0 Å². The van der Waals surface area contributed by atoms with E-state index in [0.29, 0.717) is 25.4 Å². The maximum absolute atomic E-state index is 12.0. The molecular weight excluding hydrogens is 246 g/mol. The molecule has 0 aromatic rings. The van der Waals surface area contributed by atoms with Gasteiger partial charge in [0.05, 0.1) is 0 Å². The molecule has 1 rings (SSSR count). The average molecular weight is 271 g/mol. The minimum atomic E-state index is -0.776. The number of hydrogen-bond acceptors (Lipinski definition) is 3. The second-order valence-electron chi connectivity index (χ2n) is 6.38. The van der Waals surface area contributed by atoms with Crippen LogP contribution in [0.15, 0.2) is 0 Å². The molecule has 1 heterocycles. The summed E-state index contributed by atoms with van der Waals surface area (Å²) in [4.78, 5) is 24.3. The third-order valence-corrected chi connectivity index (χ3v) is 3.49. The molecule has 0 aromatic heterocycles. The second kappa shape index (κ2) is 6.26. The zero-order valence-corrected chi connectivity index (χ0v) is 12.3. The summed E-state index contributed by atoms with van der Waals surface area (Å²) in [7, 11) is 0. The minimum absolute atomic E-state index is 0.164. The molecule has 0 saturated carbocycles. The Bertz CT molecular complexity index is 335. The van der Waals surface area contributed by atoms with Crippen LogP contribution >= 0.6 is 0 Å². The van der Waals surface area contributed by atoms with Gasteiger partial charge in [-0.25, -0.2) is 4.79 Å². The summed E-state index contributed by atoms with van der Waals surface area (Å²) >= 11 is 0. The summed E-state index contributed by atoms with van der Waals surface area (Å²) in [5.41, 5.74) is -0.489. The number of carbonyl (C=O) groups is 2. The van der Waals surface area contributed by atoms with Crippen molar-refractivity contribution >= 4 is 12.1 Å². The van der Waals surface area contributed by atoms with Gasteiger partial charge in [0.15, 0.2) is 0 Å². The Kier molecular flexibility index (Phi) is 5.20. The Morgan fingerprint density at radius 1 is 1.37 bits per heavy atom. The highest BCUT2D eigenvalue weighted by Gasteiger charge is 2.31. The number of carboxylic acid groups (broad SMARTS) is 1. The molecule has 1 aliphatic rings. The third-order valence-electron chi connectivity index (χ3n) is 3.49. The average Bonchev–Trinajstić information content (AvgIpc) is 2.25. The topological polar surface area (TPSA) is 66.8 Å². The molecule has 5 nitrogen and oxygen atoms in total. The Hall–Kier alpha value is -1.26. The van der Waals surface area contributed by atoms with Gasteiger partial charge in [-0.2, -0.15) is 0 Å². The van der Waals surface area contributed by atoms with E-state index < -0.39 is 11.6 Å². The standard InChI is InChI=1S/C14H25NO4/c1-10-7-8-15(13(18)19-14(2,3)4)9-11(10)5-6-12(16)17/h10-11H,5-9H2,1-4H3,(H,16,17). The SMILES string of the molecule is CC1CCN(C(=O)OC(C)(C)C)CC1CCC(=O)O. The van der Waals surface area contributed by atoms with Gasteiger partial charge in [0.2, 0.25) is 0 Å². The number of likely N-dealkylation sites (tertiary alicyclic amines) is 1. The number of carbonyl (C=O) groups excluding carboxylic acids is 1. The normalized spacial score (nSPS) is 24.1. The molecule has 110 valence electrons. The van der Waals surface area contributed by atoms with Gasteiger partial charge in [-0.3, -0.25) is 4.79 Å². The van der Waals surface area contributed by atoms with Gasteiger partial charge < -0.3 is 14.7 Å². The lowest BCUT2D eigenvalue weighted by Crippen LogP contribution is -2.45. The van der Waals surface area contributed by atoms with Crippen LogP contribution in [0.4, 0.5) is 4.79 Å². The van der Waals surface area contributed by atoms with Gasteiger partial charge in [-0.1, -0.05) is 6.92 Å². The molecule has 1 saturated heterocycles. The molecule has 0 bridgehead atoms. The van der Waals surface area contributed by atoms with E-state index in [9.17, 15) is 9.59 Å². The second-order valence-corrected chi connectivity index (χ2v) is 6.38. The quantitative estimate of drug-likeness (QED) is 0.857. The fraction of sp³-hybridized carbons (Fsp3) is 0.857. The molecule has 2 atom stereocenters. The van der Waals surface area contributed by atoms with E-state index >= 15 is 0 Å². The zero-order valence-electron chi connectivity index (χ0n) is 12.3. The summed E-state index contributed by atoms with van der Waals surface area (Å²) < 4.78 is 5.36. The zero-order chi connectivity index (χ0) is 14.6. The van der Waals surface area contributed by atoms with Crippen molar-refractivity contribution in [3.05, 3.63) is 0 Å². The van der Waals surface area contributed by atoms with Crippen LogP contribution in [0.25, 0.3) is 0 Å². The van der Waals surface area contributed by atoms with Gasteiger partial charge in [-0.15, -0.1) is 0 Å². The summed E-state index contributed by atoms with van der Waals surface area (Å²) in [5, 5.41) is 8.75. The number of aliphatic carboxylic acids is 1. The molecule has 1 amide bonds. The largest absolute Gasteiger partial charge is 0.481 e. The molecule has 1 aliphatic heterocycles. The van der Waals surface area contributed by atoms with Crippen molar-refractivity contribution in [2.75, 3.05) is 13.1 Å². The van der Waals surface area contributed by atoms with Crippen molar-refractivity contribution in [2.45, 2.75) is 52.6 Å². The van der Waals surface area contributed by atoms with E-state index in [-0.39, 0.29) is 18.4 Å². The number of carboxylic acids is 1. The number of piperidine rings is 1. The molecular formula is C14H25NO4. The molecule has 19 heavy (non-hydrogen) atoms. The minimum Gasteiger partial charge on any atom is -0.481 e. The van der Waals surface area contributed by atoms with Crippen molar-refractivity contribution in [3.63, 3.8) is 0 Å². The van der Waals surface area contributed by atoms with Gasteiger partial charge >= 0.3 is 12.1 Å². The lowest BCUT2D eigenvalue weighted by Gasteiger charge is -2.37. The fourth-order valence-corrected chi connectivity index (χ4v) is 2.33. The molecule has 0 spiro atoms. The smallest absolute Gasteiger partial charge is 0.410 e. The van der Waals surface area contributed by atoms with Crippen LogP contribution in [-0.4, -0.2) is 40.8 Å². The van der Waals surface area contributed by atoms with Crippen LogP contribution in [-0.2, 0) is 9.53 Å². The van der Waals surface area contributed by atoms with Crippen LogP contribution in [0.5, 0.6) is 0 Å². The van der Waals surface area contributed by atoms with Gasteiger partial charge in [0.1, 0.15) is 5.60 Å². The number of ether oxygens (including phenoxy) is 1. The van der Waals surface area contributed by atoms with Crippen molar-refractivity contribution in [1.29, 1.82) is 0 Å². The summed E-state index contributed by atoms with van der Waals surface area (Å²) in [6.45, 7) is 8.96. The summed E-state index contributed by atoms with van der Waals surface area (Å²) in [6.07, 6.45) is 1.40. The number of hydrogen-bond donors (Lipinski definition) is 1. The molecule has 0 radical (unpaired) electrons. The van der Waals surface area contributed by atoms with Crippen molar-refractivity contribution < 1.29 is 19.4 Å².